The molecule has 4 nitrogen and oxygen atoms in total. The van der Waals surface area contributed by atoms with Crippen LogP contribution < -0.4 is 11.3 Å². The molecule has 0 spiro atoms. The van der Waals surface area contributed by atoms with E-state index >= 15 is 0 Å². The van der Waals surface area contributed by atoms with Crippen LogP contribution in [0, 0.1) is 0 Å². The summed E-state index contributed by atoms with van der Waals surface area (Å²) in [6.45, 7) is 0. The summed E-state index contributed by atoms with van der Waals surface area (Å²) in [6, 6.07) is 9.78. The van der Waals surface area contributed by atoms with E-state index in [4.69, 9.17) is 5.84 Å². The number of anilines is 1. The second kappa shape index (κ2) is 5.48. The van der Waals surface area contributed by atoms with Gasteiger partial charge in [0.2, 0.25) is 0 Å². The highest BCUT2D eigenvalue weighted by molar-refractivity contribution is 7.98. The molecule has 82 valence electrons. The summed E-state index contributed by atoms with van der Waals surface area (Å²) in [5.41, 5.74) is 3.69. The molecule has 0 radical (unpaired) electrons. The summed E-state index contributed by atoms with van der Waals surface area (Å²) in [4.78, 5) is 8.30. The minimum absolute atomic E-state index is 0.680. The third kappa shape index (κ3) is 2.95. The third-order valence-corrected chi connectivity index (χ3v) is 3.01. The number of nitrogens with two attached hydrogens (primary N) is 1. The highest BCUT2D eigenvalue weighted by Crippen LogP contribution is 2.20. The van der Waals surface area contributed by atoms with Crippen LogP contribution in [0.4, 0.5) is 5.82 Å². The lowest BCUT2D eigenvalue weighted by atomic mass is 10.3. The first-order valence-corrected chi connectivity index (χ1v) is 5.82. The Kier molecular flexibility index (Phi) is 3.74. The Morgan fingerprint density at radius 3 is 2.88 bits per heavy atom. The van der Waals surface area contributed by atoms with Crippen molar-refractivity contribution in [2.75, 3.05) is 5.43 Å². The number of hydrazine groups is 1. The van der Waals surface area contributed by atoms with Crippen molar-refractivity contribution in [1.29, 1.82) is 0 Å². The van der Waals surface area contributed by atoms with Crippen molar-refractivity contribution in [3.8, 4) is 0 Å². The van der Waals surface area contributed by atoms with Crippen LogP contribution in [-0.4, -0.2) is 9.97 Å². The second-order valence-electron chi connectivity index (χ2n) is 3.15. The minimum atomic E-state index is 0.680. The minimum Gasteiger partial charge on any atom is -0.308 e. The predicted octanol–water partition coefficient (Wildman–Crippen LogP) is 2.05. The third-order valence-electron chi connectivity index (χ3n) is 2.00. The quantitative estimate of drug-likeness (QED) is 0.480. The molecule has 2 heterocycles. The molecule has 2 aromatic heterocycles. The van der Waals surface area contributed by atoms with Gasteiger partial charge in [0.25, 0.3) is 0 Å². The zero-order chi connectivity index (χ0) is 11.2. The van der Waals surface area contributed by atoms with Gasteiger partial charge in [-0.25, -0.2) is 15.8 Å². The summed E-state index contributed by atoms with van der Waals surface area (Å²) in [7, 11) is 0. The van der Waals surface area contributed by atoms with E-state index in [1.165, 1.54) is 5.56 Å². The molecule has 0 saturated heterocycles. The molecular formula is C11H12N4S. The molecule has 0 amide bonds. The van der Waals surface area contributed by atoms with Crippen molar-refractivity contribution in [3.05, 3.63) is 48.3 Å². The molecule has 0 atom stereocenters. The molecule has 0 saturated carbocycles. The van der Waals surface area contributed by atoms with Gasteiger partial charge in [-0.3, -0.25) is 0 Å². The summed E-state index contributed by atoms with van der Waals surface area (Å²) in [5, 5.41) is 1.02. The molecule has 2 aromatic rings. The number of nitrogens with one attached hydrogen (secondary N) is 1. The highest BCUT2D eigenvalue weighted by atomic mass is 32.2. The summed E-state index contributed by atoms with van der Waals surface area (Å²) >= 11 is 1.69. The standard InChI is InChI=1S/C11H12N4S/c12-15-10-7-9(4-6-13-10)8-16-11-3-1-2-5-14-11/h1-7H,8,12H2,(H,13,15). The van der Waals surface area contributed by atoms with Gasteiger partial charge in [0, 0.05) is 18.1 Å². The van der Waals surface area contributed by atoms with Crippen molar-refractivity contribution in [2.45, 2.75) is 10.8 Å². The van der Waals surface area contributed by atoms with Gasteiger partial charge < -0.3 is 5.43 Å². The van der Waals surface area contributed by atoms with Crippen molar-refractivity contribution in [2.24, 2.45) is 5.84 Å². The van der Waals surface area contributed by atoms with Gasteiger partial charge >= 0.3 is 0 Å². The van der Waals surface area contributed by atoms with E-state index in [1.807, 2.05) is 30.3 Å². The number of pyridine rings is 2. The van der Waals surface area contributed by atoms with E-state index in [9.17, 15) is 0 Å². The van der Waals surface area contributed by atoms with Gasteiger partial charge in [-0.15, -0.1) is 11.8 Å². The van der Waals surface area contributed by atoms with E-state index in [0.29, 0.717) is 5.82 Å². The number of nitrogen functional groups attached to an aromatic ring is 1. The fourth-order valence-electron chi connectivity index (χ4n) is 1.23. The molecule has 3 N–H and O–H groups in total. The Hall–Kier alpha value is -1.59. The average molecular weight is 232 g/mol. The Morgan fingerprint density at radius 1 is 1.19 bits per heavy atom. The highest BCUT2D eigenvalue weighted by Gasteiger charge is 1.98. The van der Waals surface area contributed by atoms with Gasteiger partial charge in [0.05, 0.1) is 5.03 Å². The van der Waals surface area contributed by atoms with E-state index in [1.54, 1.807) is 24.2 Å². The Morgan fingerprint density at radius 2 is 2.12 bits per heavy atom. The molecule has 0 fully saturated rings. The first-order valence-electron chi connectivity index (χ1n) is 4.84. The van der Waals surface area contributed by atoms with Gasteiger partial charge in [-0.1, -0.05) is 6.07 Å². The smallest absolute Gasteiger partial charge is 0.140 e. The van der Waals surface area contributed by atoms with Crippen LogP contribution in [0.1, 0.15) is 5.56 Å². The van der Waals surface area contributed by atoms with Crippen LogP contribution in [0.5, 0.6) is 0 Å². The van der Waals surface area contributed by atoms with Crippen LogP contribution in [0.2, 0.25) is 0 Å². The lowest BCUT2D eigenvalue weighted by molar-refractivity contribution is 1.13. The summed E-state index contributed by atoms with van der Waals surface area (Å²) < 4.78 is 0. The van der Waals surface area contributed by atoms with Crippen molar-refractivity contribution < 1.29 is 0 Å². The molecule has 0 bridgehead atoms. The maximum absolute atomic E-state index is 5.29. The fourth-order valence-corrected chi connectivity index (χ4v) is 2.04. The molecule has 5 heteroatoms. The number of aromatic nitrogens is 2. The van der Waals surface area contributed by atoms with E-state index in [-0.39, 0.29) is 0 Å². The van der Waals surface area contributed by atoms with Crippen molar-refractivity contribution >= 4 is 17.6 Å². The van der Waals surface area contributed by atoms with Crippen molar-refractivity contribution in [3.63, 3.8) is 0 Å². The van der Waals surface area contributed by atoms with Gasteiger partial charge in [-0.05, 0) is 29.8 Å². The van der Waals surface area contributed by atoms with Crippen LogP contribution in [0.15, 0.2) is 47.8 Å². The maximum Gasteiger partial charge on any atom is 0.140 e. The average Bonchev–Trinajstić information content (AvgIpc) is 2.38. The lowest BCUT2D eigenvalue weighted by Crippen LogP contribution is -2.08. The summed E-state index contributed by atoms with van der Waals surface area (Å²) in [5.74, 6) is 6.83. The predicted molar refractivity (Wildman–Crippen MR) is 65.8 cm³/mol. The Bertz CT molecular complexity index is 447. The number of hydrogen-bond acceptors (Lipinski definition) is 5. The molecule has 0 aromatic carbocycles. The van der Waals surface area contributed by atoms with Crippen LogP contribution in [0.25, 0.3) is 0 Å². The molecule has 16 heavy (non-hydrogen) atoms. The molecular weight excluding hydrogens is 220 g/mol. The topological polar surface area (TPSA) is 63.8 Å². The first kappa shape index (κ1) is 10.9. The Labute approximate surface area is 98.3 Å². The molecule has 0 unspecified atom stereocenters. The van der Waals surface area contributed by atoms with Gasteiger partial charge in [-0.2, -0.15) is 0 Å². The Balaban J connectivity index is 1.99. The monoisotopic (exact) mass is 232 g/mol. The molecule has 0 aliphatic carbocycles. The number of rotatable bonds is 4. The molecule has 0 aliphatic rings. The number of hydrogen-bond donors (Lipinski definition) is 2. The largest absolute Gasteiger partial charge is 0.308 e. The first-order chi connectivity index (χ1) is 7.88. The SMILES string of the molecule is NNc1cc(CSc2ccccn2)ccn1. The van der Waals surface area contributed by atoms with Gasteiger partial charge in [0.1, 0.15) is 5.82 Å². The fraction of sp³-hybridized carbons (Fsp3) is 0.0909. The van der Waals surface area contributed by atoms with E-state index < -0.39 is 0 Å². The van der Waals surface area contributed by atoms with Gasteiger partial charge in [0.15, 0.2) is 0 Å². The molecule has 2 rings (SSSR count). The zero-order valence-electron chi connectivity index (χ0n) is 8.63. The number of nitrogens with zero attached hydrogens (tertiary/aromatic N) is 2. The van der Waals surface area contributed by atoms with Crippen LogP contribution in [-0.2, 0) is 5.75 Å². The maximum atomic E-state index is 5.29. The van der Waals surface area contributed by atoms with Crippen molar-refractivity contribution in [1.82, 2.24) is 9.97 Å². The molecule has 0 aliphatic heterocycles. The lowest BCUT2D eigenvalue weighted by Gasteiger charge is -2.03. The second-order valence-corrected chi connectivity index (χ2v) is 4.15. The zero-order valence-corrected chi connectivity index (χ0v) is 9.45. The van der Waals surface area contributed by atoms with Crippen LogP contribution >= 0.6 is 11.8 Å². The summed E-state index contributed by atoms with van der Waals surface area (Å²) in [6.07, 6.45) is 3.53. The normalized spacial score (nSPS) is 10.1. The number of thioether (sulfide) groups is 1. The van der Waals surface area contributed by atoms with E-state index in [2.05, 4.69) is 15.4 Å². The van der Waals surface area contributed by atoms with Crippen LogP contribution in [0.3, 0.4) is 0 Å². The van der Waals surface area contributed by atoms with E-state index in [0.717, 1.165) is 10.8 Å².